The second-order valence-electron chi connectivity index (χ2n) is 8.59. The molecular formula is C26H23F3N8O. The third-order valence-electron chi connectivity index (χ3n) is 6.22. The fourth-order valence-corrected chi connectivity index (χ4v) is 4.19. The van der Waals surface area contributed by atoms with Gasteiger partial charge in [-0.15, -0.1) is 0 Å². The number of hydrogen-bond donors (Lipinski definition) is 1. The molecule has 2 aromatic heterocycles. The van der Waals surface area contributed by atoms with Crippen molar-refractivity contribution >= 4 is 28.5 Å². The molecule has 1 aliphatic heterocycles. The average Bonchev–Trinajstić information content (AvgIpc) is 2.93. The maximum Gasteiger partial charge on any atom is 0.417 e. The Labute approximate surface area is 216 Å². The van der Waals surface area contributed by atoms with E-state index in [1.165, 1.54) is 6.07 Å². The molecule has 1 fully saturated rings. The summed E-state index contributed by atoms with van der Waals surface area (Å²) in [4.78, 5) is 21.9. The van der Waals surface area contributed by atoms with Gasteiger partial charge in [0.15, 0.2) is 0 Å². The lowest BCUT2D eigenvalue weighted by Gasteiger charge is -2.34. The molecule has 3 heterocycles. The highest BCUT2D eigenvalue weighted by molar-refractivity contribution is 5.84. The number of fused-ring (bicyclic) bond motifs is 1. The summed E-state index contributed by atoms with van der Waals surface area (Å²) in [5.74, 6) is 0.836. The van der Waals surface area contributed by atoms with E-state index in [1.807, 2.05) is 29.2 Å². The summed E-state index contributed by atoms with van der Waals surface area (Å²) in [5.41, 5.74) is -0.716. The van der Waals surface area contributed by atoms with Crippen LogP contribution in [-0.2, 0) is 6.18 Å². The number of ether oxygens (including phenoxy) is 1. The summed E-state index contributed by atoms with van der Waals surface area (Å²) < 4.78 is 46.6. The molecule has 1 aliphatic rings. The van der Waals surface area contributed by atoms with Gasteiger partial charge in [0.05, 0.1) is 22.7 Å². The molecule has 12 heteroatoms. The largest absolute Gasteiger partial charge is 0.423 e. The van der Waals surface area contributed by atoms with Crippen molar-refractivity contribution in [3.8, 4) is 17.8 Å². The first-order valence-corrected chi connectivity index (χ1v) is 12.0. The third kappa shape index (κ3) is 5.42. The van der Waals surface area contributed by atoms with Crippen LogP contribution in [-0.4, -0.2) is 57.6 Å². The number of likely N-dealkylation sites (N-methyl/N-ethyl adjacent to an activating group) is 1. The van der Waals surface area contributed by atoms with E-state index in [0.29, 0.717) is 24.8 Å². The van der Waals surface area contributed by atoms with Gasteiger partial charge in [0.25, 0.3) is 0 Å². The van der Waals surface area contributed by atoms with Gasteiger partial charge < -0.3 is 19.9 Å². The SMILES string of the molecule is CCN1CCN(c2nc(Nc3ccc(C#N)c(C(F)(F)F)c3)nc(Oc3ccnc4ccccc34)n2)CC1. The standard InChI is InChI=1S/C26H23F3N8O/c1-2-36-11-13-37(14-12-36)24-33-23(32-18-8-7-17(16-30)20(15-18)26(27,28)29)34-25(35-24)38-22-9-10-31-21-6-4-3-5-19(21)22/h3-10,15H,2,11-14H2,1H3,(H,32,33,34,35). The Morgan fingerprint density at radius 1 is 1.03 bits per heavy atom. The number of alkyl halides is 3. The van der Waals surface area contributed by atoms with Gasteiger partial charge in [-0.1, -0.05) is 19.1 Å². The number of nitrogens with zero attached hydrogens (tertiary/aromatic N) is 7. The molecule has 0 radical (unpaired) electrons. The molecular weight excluding hydrogens is 497 g/mol. The van der Waals surface area contributed by atoms with Crippen molar-refractivity contribution in [2.75, 3.05) is 42.9 Å². The zero-order valence-corrected chi connectivity index (χ0v) is 20.4. The maximum atomic E-state index is 13.5. The van der Waals surface area contributed by atoms with Crippen LogP contribution in [0.4, 0.5) is 30.8 Å². The van der Waals surface area contributed by atoms with E-state index in [2.05, 4.69) is 37.1 Å². The Hall–Kier alpha value is -4.50. The second-order valence-corrected chi connectivity index (χ2v) is 8.59. The van der Waals surface area contributed by atoms with E-state index in [4.69, 9.17) is 10.00 Å². The van der Waals surface area contributed by atoms with Crippen LogP contribution in [0.2, 0.25) is 0 Å². The van der Waals surface area contributed by atoms with E-state index in [9.17, 15) is 13.2 Å². The van der Waals surface area contributed by atoms with Gasteiger partial charge in [-0.25, -0.2) is 0 Å². The number of hydrogen-bond acceptors (Lipinski definition) is 9. The van der Waals surface area contributed by atoms with E-state index in [-0.39, 0.29) is 17.6 Å². The minimum absolute atomic E-state index is 0.0131. The first-order chi connectivity index (χ1) is 18.3. The highest BCUT2D eigenvalue weighted by Gasteiger charge is 2.34. The lowest BCUT2D eigenvalue weighted by Crippen LogP contribution is -2.46. The number of nitriles is 1. The van der Waals surface area contributed by atoms with Gasteiger partial charge in [0.2, 0.25) is 11.9 Å². The number of anilines is 3. The number of piperazine rings is 1. The van der Waals surface area contributed by atoms with Crippen LogP contribution >= 0.6 is 0 Å². The Morgan fingerprint density at radius 2 is 1.82 bits per heavy atom. The smallest absolute Gasteiger partial charge is 0.417 e. The molecule has 1 N–H and O–H groups in total. The molecule has 38 heavy (non-hydrogen) atoms. The summed E-state index contributed by atoms with van der Waals surface area (Å²) in [6.45, 7) is 6.01. The second kappa shape index (κ2) is 10.5. The van der Waals surface area contributed by atoms with Crippen LogP contribution in [0.1, 0.15) is 18.1 Å². The molecule has 0 aliphatic carbocycles. The fraction of sp³-hybridized carbons (Fsp3) is 0.269. The monoisotopic (exact) mass is 520 g/mol. The van der Waals surface area contributed by atoms with E-state index in [0.717, 1.165) is 42.7 Å². The number of benzene rings is 2. The van der Waals surface area contributed by atoms with Crippen LogP contribution in [0, 0.1) is 11.3 Å². The van der Waals surface area contributed by atoms with Gasteiger partial charge in [-0.3, -0.25) is 4.98 Å². The lowest BCUT2D eigenvalue weighted by molar-refractivity contribution is -0.137. The van der Waals surface area contributed by atoms with Gasteiger partial charge in [0, 0.05) is 43.4 Å². The van der Waals surface area contributed by atoms with Gasteiger partial charge in [0.1, 0.15) is 5.75 Å². The van der Waals surface area contributed by atoms with Crippen LogP contribution in [0.15, 0.2) is 54.7 Å². The molecule has 194 valence electrons. The summed E-state index contributed by atoms with van der Waals surface area (Å²) in [5, 5.41) is 12.7. The average molecular weight is 521 g/mol. The summed E-state index contributed by atoms with van der Waals surface area (Å²) >= 11 is 0. The van der Waals surface area contributed by atoms with Crippen molar-refractivity contribution in [1.29, 1.82) is 5.26 Å². The molecule has 0 atom stereocenters. The zero-order chi connectivity index (χ0) is 26.7. The summed E-state index contributed by atoms with van der Waals surface area (Å²) in [7, 11) is 0. The number of nitrogens with one attached hydrogen (secondary N) is 1. The number of rotatable bonds is 6. The van der Waals surface area contributed by atoms with E-state index >= 15 is 0 Å². The van der Waals surface area contributed by atoms with Crippen molar-refractivity contribution in [2.24, 2.45) is 0 Å². The maximum absolute atomic E-state index is 13.5. The third-order valence-corrected chi connectivity index (χ3v) is 6.22. The van der Waals surface area contributed by atoms with Crippen LogP contribution in [0.3, 0.4) is 0 Å². The van der Waals surface area contributed by atoms with E-state index < -0.39 is 17.3 Å². The normalized spacial score (nSPS) is 14.3. The highest BCUT2D eigenvalue weighted by Crippen LogP contribution is 2.34. The predicted molar refractivity (Wildman–Crippen MR) is 135 cm³/mol. The number of pyridine rings is 1. The molecule has 0 saturated carbocycles. The Bertz CT molecular complexity index is 1490. The van der Waals surface area contributed by atoms with Gasteiger partial charge in [-0.2, -0.15) is 33.4 Å². The molecule has 0 unspecified atom stereocenters. The minimum Gasteiger partial charge on any atom is -0.423 e. The highest BCUT2D eigenvalue weighted by atomic mass is 19.4. The molecule has 9 nitrogen and oxygen atoms in total. The first-order valence-electron chi connectivity index (χ1n) is 12.0. The Kier molecular flexibility index (Phi) is 6.93. The molecule has 1 saturated heterocycles. The summed E-state index contributed by atoms with van der Waals surface area (Å²) in [6.07, 6.45) is -3.08. The van der Waals surface area contributed by atoms with Crippen molar-refractivity contribution in [3.63, 3.8) is 0 Å². The Balaban J connectivity index is 1.51. The van der Waals surface area contributed by atoms with Crippen LogP contribution in [0.5, 0.6) is 11.8 Å². The van der Waals surface area contributed by atoms with Gasteiger partial charge in [-0.05, 0) is 42.9 Å². The fourth-order valence-electron chi connectivity index (χ4n) is 4.19. The molecule has 0 bridgehead atoms. The molecule has 0 amide bonds. The molecule has 0 spiro atoms. The minimum atomic E-state index is -4.69. The van der Waals surface area contributed by atoms with E-state index in [1.54, 1.807) is 18.3 Å². The Morgan fingerprint density at radius 3 is 2.55 bits per heavy atom. The molecule has 4 aromatic rings. The van der Waals surface area contributed by atoms with Crippen molar-refractivity contribution < 1.29 is 17.9 Å². The molecule has 2 aromatic carbocycles. The quantitative estimate of drug-likeness (QED) is 0.377. The van der Waals surface area contributed by atoms with Crippen LogP contribution in [0.25, 0.3) is 10.9 Å². The number of halogens is 3. The van der Waals surface area contributed by atoms with Crippen LogP contribution < -0.4 is 15.0 Å². The number of aromatic nitrogens is 4. The van der Waals surface area contributed by atoms with Gasteiger partial charge >= 0.3 is 12.2 Å². The van der Waals surface area contributed by atoms with Crippen molar-refractivity contribution in [2.45, 2.75) is 13.1 Å². The molecule has 5 rings (SSSR count). The van der Waals surface area contributed by atoms with Crippen molar-refractivity contribution in [1.82, 2.24) is 24.8 Å². The summed E-state index contributed by atoms with van der Waals surface area (Å²) in [6, 6.07) is 14.0. The topological polar surface area (TPSA) is 103 Å². The first kappa shape index (κ1) is 25.2. The predicted octanol–water partition coefficient (Wildman–Crippen LogP) is 4.99. The number of para-hydroxylation sites is 1. The zero-order valence-electron chi connectivity index (χ0n) is 20.4. The lowest BCUT2D eigenvalue weighted by atomic mass is 10.1. The van der Waals surface area contributed by atoms with Crippen molar-refractivity contribution in [3.05, 3.63) is 65.9 Å².